The summed E-state index contributed by atoms with van der Waals surface area (Å²) in [5.74, 6) is -2.19. The van der Waals surface area contributed by atoms with Crippen molar-refractivity contribution in [2.24, 2.45) is 0 Å². The molecule has 112 valence electrons. The summed E-state index contributed by atoms with van der Waals surface area (Å²) in [6.07, 6.45) is 1.12. The zero-order valence-corrected chi connectivity index (χ0v) is 12.3. The molecule has 0 unspecified atom stereocenters. The fraction of sp³-hybridized carbons (Fsp3) is 0.231. The number of anilines is 1. The second-order valence-corrected chi connectivity index (χ2v) is 4.87. The molecule has 1 N–H and O–H groups in total. The third kappa shape index (κ3) is 4.45. The van der Waals surface area contributed by atoms with Crippen LogP contribution < -0.4 is 5.32 Å². The lowest BCUT2D eigenvalue weighted by Gasteiger charge is -2.14. The van der Waals surface area contributed by atoms with Gasteiger partial charge in [0, 0.05) is 4.47 Å². The van der Waals surface area contributed by atoms with E-state index in [2.05, 4.69) is 21.2 Å². The van der Waals surface area contributed by atoms with Gasteiger partial charge in [-0.3, -0.25) is 4.79 Å². The van der Waals surface area contributed by atoms with Gasteiger partial charge in [-0.15, -0.1) is 0 Å². The van der Waals surface area contributed by atoms with Crippen LogP contribution >= 0.6 is 15.9 Å². The Kier molecular flexibility index (Phi) is 5.15. The number of hydrogen-bond acceptors (Lipinski definition) is 5. The molecule has 8 heteroatoms. The minimum atomic E-state index is -0.818. The van der Waals surface area contributed by atoms with Gasteiger partial charge in [-0.2, -0.15) is 0 Å². The van der Waals surface area contributed by atoms with Crippen molar-refractivity contribution in [3.8, 4) is 0 Å². The van der Waals surface area contributed by atoms with Crippen molar-refractivity contribution < 1.29 is 28.2 Å². The molecule has 1 aliphatic heterocycles. The van der Waals surface area contributed by atoms with Crippen molar-refractivity contribution >= 4 is 33.5 Å². The van der Waals surface area contributed by atoms with Gasteiger partial charge in [0.25, 0.3) is 5.91 Å². The fourth-order valence-electron chi connectivity index (χ4n) is 1.45. The Morgan fingerprint density at radius 3 is 2.86 bits per heavy atom. The summed E-state index contributed by atoms with van der Waals surface area (Å²) in [5, 5.41) is 2.29. The van der Waals surface area contributed by atoms with E-state index >= 15 is 0 Å². The number of carbonyl (C=O) groups is 2. The van der Waals surface area contributed by atoms with Crippen molar-refractivity contribution in [2.75, 3.05) is 25.1 Å². The first-order valence-corrected chi connectivity index (χ1v) is 6.72. The summed E-state index contributed by atoms with van der Waals surface area (Å²) in [5.41, 5.74) is -0.00397. The molecule has 21 heavy (non-hydrogen) atoms. The van der Waals surface area contributed by atoms with Crippen LogP contribution in [-0.4, -0.2) is 31.7 Å². The molecule has 1 amide bonds. The first-order chi connectivity index (χ1) is 10.1. The Bertz CT molecular complexity index is 590. The predicted molar refractivity (Wildman–Crippen MR) is 73.7 cm³/mol. The van der Waals surface area contributed by atoms with Crippen LogP contribution in [0.2, 0.25) is 0 Å². The van der Waals surface area contributed by atoms with Gasteiger partial charge in [0.1, 0.15) is 25.3 Å². The Morgan fingerprint density at radius 1 is 1.38 bits per heavy atom. The van der Waals surface area contributed by atoms with E-state index in [1.807, 2.05) is 0 Å². The molecule has 0 fully saturated rings. The van der Waals surface area contributed by atoms with Crippen molar-refractivity contribution in [3.05, 3.63) is 40.5 Å². The van der Waals surface area contributed by atoms with Crippen LogP contribution in [0.1, 0.15) is 0 Å². The van der Waals surface area contributed by atoms with E-state index in [0.717, 1.165) is 6.26 Å². The smallest absolute Gasteiger partial charge is 0.377 e. The summed E-state index contributed by atoms with van der Waals surface area (Å²) in [7, 11) is 0. The number of amides is 1. The van der Waals surface area contributed by atoms with E-state index < -0.39 is 24.3 Å². The molecule has 0 bridgehead atoms. The van der Waals surface area contributed by atoms with E-state index in [1.54, 1.807) is 6.07 Å². The lowest BCUT2D eigenvalue weighted by Crippen LogP contribution is -2.24. The highest BCUT2D eigenvalue weighted by Crippen LogP contribution is 2.19. The van der Waals surface area contributed by atoms with Crippen LogP contribution in [0.15, 0.2) is 34.7 Å². The lowest BCUT2D eigenvalue weighted by molar-refractivity contribution is -0.148. The first kappa shape index (κ1) is 15.3. The molecule has 6 nitrogen and oxygen atoms in total. The average molecular weight is 360 g/mol. The maximum Gasteiger partial charge on any atom is 0.377 e. The minimum Gasteiger partial charge on any atom is -0.493 e. The number of halogens is 2. The monoisotopic (exact) mass is 359 g/mol. The molecular formula is C13H11BrFNO5. The molecule has 0 saturated carbocycles. The summed E-state index contributed by atoms with van der Waals surface area (Å²) in [4.78, 5) is 23.1. The van der Waals surface area contributed by atoms with Gasteiger partial charge in [-0.25, -0.2) is 9.18 Å². The summed E-state index contributed by atoms with van der Waals surface area (Å²) >= 11 is 3.10. The molecule has 1 aromatic carbocycles. The van der Waals surface area contributed by atoms with Gasteiger partial charge in [-0.05, 0) is 18.2 Å². The molecule has 2 rings (SSSR count). The topological polar surface area (TPSA) is 73.9 Å². The Labute approximate surface area is 128 Å². The SMILES string of the molecule is O=C(COC(=O)C1=COCCO1)Nc1ccc(Br)cc1F. The van der Waals surface area contributed by atoms with Gasteiger partial charge in [0.05, 0.1) is 5.69 Å². The minimum absolute atomic E-state index is 0.00397. The third-order valence-electron chi connectivity index (χ3n) is 2.39. The van der Waals surface area contributed by atoms with Crippen LogP contribution in [0, 0.1) is 5.82 Å². The molecule has 0 saturated heterocycles. The van der Waals surface area contributed by atoms with Gasteiger partial charge >= 0.3 is 5.97 Å². The molecule has 0 aromatic heterocycles. The number of hydrogen-bond donors (Lipinski definition) is 1. The molecule has 1 aliphatic rings. The Morgan fingerprint density at radius 2 is 2.19 bits per heavy atom. The van der Waals surface area contributed by atoms with E-state index in [9.17, 15) is 14.0 Å². The van der Waals surface area contributed by atoms with Crippen LogP contribution in [0.5, 0.6) is 0 Å². The predicted octanol–water partition coefficient (Wildman–Crippen LogP) is 1.96. The van der Waals surface area contributed by atoms with Gasteiger partial charge in [0.2, 0.25) is 5.76 Å². The number of ether oxygens (including phenoxy) is 3. The first-order valence-electron chi connectivity index (χ1n) is 5.93. The Hall–Kier alpha value is -2.09. The van der Waals surface area contributed by atoms with Gasteiger partial charge in [0.15, 0.2) is 6.61 Å². The van der Waals surface area contributed by atoms with Crippen LogP contribution in [0.25, 0.3) is 0 Å². The van der Waals surface area contributed by atoms with Crippen molar-refractivity contribution in [2.45, 2.75) is 0 Å². The molecule has 0 radical (unpaired) electrons. The molecular weight excluding hydrogens is 349 g/mol. The molecule has 0 spiro atoms. The van der Waals surface area contributed by atoms with Crippen molar-refractivity contribution in [3.63, 3.8) is 0 Å². The highest BCUT2D eigenvalue weighted by atomic mass is 79.9. The number of esters is 1. The number of benzene rings is 1. The second kappa shape index (κ2) is 7.07. The number of carbonyl (C=O) groups excluding carboxylic acids is 2. The molecule has 1 aromatic rings. The van der Waals surface area contributed by atoms with Gasteiger partial charge in [-0.1, -0.05) is 15.9 Å². The molecule has 0 atom stereocenters. The standard InChI is InChI=1S/C13H11BrFNO5/c14-8-1-2-10(9(15)5-8)16-12(17)7-21-13(18)11-6-19-3-4-20-11/h1-2,5-6H,3-4,7H2,(H,16,17). The number of rotatable bonds is 4. The van der Waals surface area contributed by atoms with Crippen LogP contribution in [-0.2, 0) is 23.8 Å². The van der Waals surface area contributed by atoms with E-state index in [4.69, 9.17) is 14.2 Å². The zero-order chi connectivity index (χ0) is 15.2. The van der Waals surface area contributed by atoms with E-state index in [-0.39, 0.29) is 18.1 Å². The second-order valence-electron chi connectivity index (χ2n) is 3.95. The van der Waals surface area contributed by atoms with Crippen LogP contribution in [0.3, 0.4) is 0 Å². The molecule has 0 aliphatic carbocycles. The van der Waals surface area contributed by atoms with Gasteiger partial charge < -0.3 is 19.5 Å². The highest BCUT2D eigenvalue weighted by molar-refractivity contribution is 9.10. The van der Waals surface area contributed by atoms with Crippen molar-refractivity contribution in [1.29, 1.82) is 0 Å². The van der Waals surface area contributed by atoms with Crippen LogP contribution in [0.4, 0.5) is 10.1 Å². The summed E-state index contributed by atoms with van der Waals surface area (Å²) < 4.78 is 28.6. The summed E-state index contributed by atoms with van der Waals surface area (Å²) in [6.45, 7) is 0.0202. The normalized spacial score (nSPS) is 13.5. The average Bonchev–Trinajstić information content (AvgIpc) is 2.48. The van der Waals surface area contributed by atoms with E-state index in [1.165, 1.54) is 12.1 Å². The molecule has 1 heterocycles. The zero-order valence-electron chi connectivity index (χ0n) is 10.7. The largest absolute Gasteiger partial charge is 0.493 e. The fourth-order valence-corrected chi connectivity index (χ4v) is 1.79. The lowest BCUT2D eigenvalue weighted by atomic mass is 10.3. The van der Waals surface area contributed by atoms with Crippen molar-refractivity contribution in [1.82, 2.24) is 0 Å². The third-order valence-corrected chi connectivity index (χ3v) is 2.88. The van der Waals surface area contributed by atoms with E-state index in [0.29, 0.717) is 11.1 Å². The summed E-state index contributed by atoms with van der Waals surface area (Å²) in [6, 6.07) is 4.17. The number of nitrogens with one attached hydrogen (secondary N) is 1. The maximum absolute atomic E-state index is 13.5. The maximum atomic E-state index is 13.5. The Balaban J connectivity index is 1.84. The highest BCUT2D eigenvalue weighted by Gasteiger charge is 2.18. The quantitative estimate of drug-likeness (QED) is 0.831.